The molecule has 2 aliphatic heterocycles. The zero-order valence-corrected chi connectivity index (χ0v) is 26.5. The number of fused-ring (bicyclic) bond motifs is 1. The summed E-state index contributed by atoms with van der Waals surface area (Å²) in [5.74, 6) is 0.298. The lowest BCUT2D eigenvalue weighted by atomic mass is 9.82. The predicted octanol–water partition coefficient (Wildman–Crippen LogP) is 9.65. The van der Waals surface area contributed by atoms with Crippen molar-refractivity contribution in [3.05, 3.63) is 104 Å². The Bertz CT molecular complexity index is 1730. The van der Waals surface area contributed by atoms with Crippen molar-refractivity contribution in [3.63, 3.8) is 0 Å². The van der Waals surface area contributed by atoms with E-state index in [2.05, 4.69) is 31.0 Å². The fourth-order valence-corrected chi connectivity index (χ4v) is 6.96. The predicted molar refractivity (Wildman–Crippen MR) is 170 cm³/mol. The van der Waals surface area contributed by atoms with Gasteiger partial charge in [-0.25, -0.2) is 4.99 Å². The van der Waals surface area contributed by atoms with Gasteiger partial charge in [0, 0.05) is 9.88 Å². The highest BCUT2D eigenvalue weighted by atomic mass is 79.9. The second kappa shape index (κ2) is 13.2. The van der Waals surface area contributed by atoms with Gasteiger partial charge in [-0.1, -0.05) is 52.0 Å². The van der Waals surface area contributed by atoms with Crippen LogP contribution in [0, 0.1) is 0 Å². The van der Waals surface area contributed by atoms with E-state index in [9.17, 15) is 17.6 Å². The Morgan fingerprint density at radius 2 is 1.53 bits per heavy atom. The highest BCUT2D eigenvalue weighted by Crippen LogP contribution is 2.52. The van der Waals surface area contributed by atoms with Gasteiger partial charge in [-0.3, -0.25) is 0 Å². The molecular formula is C33H27BrF4N2O4S. The van der Waals surface area contributed by atoms with Crippen molar-refractivity contribution >= 4 is 44.6 Å². The van der Waals surface area contributed by atoms with E-state index in [0.29, 0.717) is 0 Å². The van der Waals surface area contributed by atoms with Crippen molar-refractivity contribution in [1.82, 2.24) is 4.90 Å². The number of halogens is 5. The van der Waals surface area contributed by atoms with E-state index in [1.807, 2.05) is 30.3 Å². The van der Waals surface area contributed by atoms with E-state index in [1.165, 1.54) is 38.1 Å². The number of allylic oxidation sites excluding steroid dienone is 1. The number of nitrogens with zero attached hydrogens (tertiary/aromatic N) is 2. The highest BCUT2D eigenvalue weighted by molar-refractivity contribution is 9.10. The SMILES string of the molecule is COc1cc(/C=C2\CCCC3=C2N=C2SC=C(c4ccc(Br)cc4)N2C3c2ccc(OC(F)F)c(OC)c2)ccc1OC(F)F. The number of amidine groups is 1. The summed E-state index contributed by atoms with van der Waals surface area (Å²) in [6.07, 6.45) is 4.34. The molecule has 3 aliphatic rings. The third-order valence-corrected chi connectivity index (χ3v) is 9.01. The van der Waals surface area contributed by atoms with Crippen LogP contribution in [0.5, 0.6) is 23.0 Å². The average molecular weight is 704 g/mol. The number of aliphatic imine (C=N–C) groups is 1. The smallest absolute Gasteiger partial charge is 0.387 e. The molecule has 6 nitrogen and oxygen atoms in total. The van der Waals surface area contributed by atoms with Crippen LogP contribution in [0.15, 0.2) is 92.4 Å². The quantitative estimate of drug-likeness (QED) is 0.207. The van der Waals surface area contributed by atoms with Gasteiger partial charge in [0.15, 0.2) is 28.2 Å². The number of ether oxygens (including phenoxy) is 4. The summed E-state index contributed by atoms with van der Waals surface area (Å²) in [4.78, 5) is 7.33. The summed E-state index contributed by atoms with van der Waals surface area (Å²) < 4.78 is 73.1. The summed E-state index contributed by atoms with van der Waals surface area (Å²) in [6.45, 7) is -5.96. The van der Waals surface area contributed by atoms with E-state index in [0.717, 1.165) is 68.1 Å². The number of hydrogen-bond donors (Lipinski definition) is 0. The molecule has 0 N–H and O–H groups in total. The van der Waals surface area contributed by atoms with Crippen molar-refractivity contribution in [3.8, 4) is 23.0 Å². The molecule has 0 amide bonds. The molecule has 1 aliphatic carbocycles. The number of thioether (sulfide) groups is 1. The van der Waals surface area contributed by atoms with Crippen molar-refractivity contribution in [2.75, 3.05) is 14.2 Å². The first kappa shape index (κ1) is 31.1. The molecule has 0 spiro atoms. The molecule has 234 valence electrons. The van der Waals surface area contributed by atoms with Crippen LogP contribution >= 0.6 is 27.7 Å². The van der Waals surface area contributed by atoms with Crippen molar-refractivity contribution in [2.24, 2.45) is 4.99 Å². The summed E-state index contributed by atoms with van der Waals surface area (Å²) in [6, 6.07) is 17.5. The van der Waals surface area contributed by atoms with Crippen molar-refractivity contribution < 1.29 is 36.5 Å². The topological polar surface area (TPSA) is 52.5 Å². The zero-order chi connectivity index (χ0) is 31.7. The lowest BCUT2D eigenvalue weighted by Crippen LogP contribution is -2.34. The van der Waals surface area contributed by atoms with E-state index >= 15 is 0 Å². The van der Waals surface area contributed by atoms with E-state index in [-0.39, 0.29) is 29.0 Å². The van der Waals surface area contributed by atoms with Crippen molar-refractivity contribution in [1.29, 1.82) is 0 Å². The molecule has 2 heterocycles. The highest BCUT2D eigenvalue weighted by Gasteiger charge is 2.40. The van der Waals surface area contributed by atoms with Crippen LogP contribution in [-0.4, -0.2) is 37.5 Å². The molecule has 0 saturated heterocycles. The minimum Gasteiger partial charge on any atom is -0.493 e. The molecule has 3 aromatic carbocycles. The fourth-order valence-electron chi connectivity index (χ4n) is 5.76. The Hall–Kier alpha value is -3.90. The standard InChI is InChI=1S/C33H27BrF4N2O4S/c1-41-27-15-18(6-12-25(27)43-31(35)36)14-20-4-3-5-23-29(20)39-33-40(24(17-45-33)19-7-10-22(34)11-8-19)30(23)21-9-13-26(44-32(37)38)28(16-21)42-2/h6-17,30-32H,3-5H2,1-2H3/b20-14+. The second-order valence-corrected chi connectivity index (χ2v) is 12.0. The van der Waals surface area contributed by atoms with Gasteiger partial charge >= 0.3 is 13.2 Å². The molecule has 0 aromatic heterocycles. The molecular weight excluding hydrogens is 676 g/mol. The minimum absolute atomic E-state index is 0.0473. The lowest BCUT2D eigenvalue weighted by molar-refractivity contribution is -0.0518. The molecule has 0 radical (unpaired) electrons. The molecule has 0 bridgehead atoms. The van der Waals surface area contributed by atoms with Gasteiger partial charge in [0.2, 0.25) is 0 Å². The van der Waals surface area contributed by atoms with E-state index in [1.54, 1.807) is 24.3 Å². The molecule has 1 unspecified atom stereocenters. The Morgan fingerprint density at radius 3 is 2.20 bits per heavy atom. The maximum atomic E-state index is 13.1. The van der Waals surface area contributed by atoms with E-state index < -0.39 is 13.2 Å². The molecule has 3 aromatic rings. The van der Waals surface area contributed by atoms with Crippen LogP contribution < -0.4 is 18.9 Å². The van der Waals surface area contributed by atoms with Gasteiger partial charge in [0.25, 0.3) is 0 Å². The number of alkyl halides is 4. The molecule has 0 saturated carbocycles. The van der Waals surface area contributed by atoms with Gasteiger partial charge in [0.1, 0.15) is 0 Å². The third-order valence-electron chi connectivity index (χ3n) is 7.64. The second-order valence-electron chi connectivity index (χ2n) is 10.3. The molecule has 12 heteroatoms. The Balaban J connectivity index is 1.46. The molecule has 1 atom stereocenters. The average Bonchev–Trinajstić information content (AvgIpc) is 3.44. The maximum absolute atomic E-state index is 13.1. The summed E-state index contributed by atoms with van der Waals surface area (Å²) in [5, 5.41) is 2.84. The lowest BCUT2D eigenvalue weighted by Gasteiger charge is -2.40. The number of hydrogen-bond acceptors (Lipinski definition) is 7. The summed E-state index contributed by atoms with van der Waals surface area (Å²) >= 11 is 5.02. The maximum Gasteiger partial charge on any atom is 0.387 e. The Kier molecular flexibility index (Phi) is 9.14. The van der Waals surface area contributed by atoms with E-state index in [4.69, 9.17) is 19.2 Å². The molecule has 45 heavy (non-hydrogen) atoms. The first-order valence-corrected chi connectivity index (χ1v) is 15.6. The first-order chi connectivity index (χ1) is 21.7. The molecule has 0 fully saturated rings. The molecule has 6 rings (SSSR count). The van der Waals surface area contributed by atoms with Crippen LogP contribution in [-0.2, 0) is 0 Å². The van der Waals surface area contributed by atoms with Gasteiger partial charge in [-0.2, -0.15) is 17.6 Å². The Morgan fingerprint density at radius 1 is 0.867 bits per heavy atom. The third kappa shape index (κ3) is 6.44. The van der Waals surface area contributed by atoms with Gasteiger partial charge in [-0.05, 0) is 89.6 Å². The number of methoxy groups -OCH3 is 2. The fraction of sp³-hybridized carbons (Fsp3) is 0.242. The summed E-state index contributed by atoms with van der Waals surface area (Å²) in [5.41, 5.74) is 6.43. The van der Waals surface area contributed by atoms with Crippen LogP contribution in [0.25, 0.3) is 11.8 Å². The first-order valence-electron chi connectivity index (χ1n) is 14.0. The van der Waals surface area contributed by atoms with Crippen LogP contribution in [0.4, 0.5) is 17.6 Å². The van der Waals surface area contributed by atoms with Gasteiger partial charge in [-0.15, -0.1) is 0 Å². The zero-order valence-electron chi connectivity index (χ0n) is 24.1. The monoisotopic (exact) mass is 702 g/mol. The number of rotatable bonds is 9. The van der Waals surface area contributed by atoms with Gasteiger partial charge < -0.3 is 23.8 Å². The summed E-state index contributed by atoms with van der Waals surface area (Å²) in [7, 11) is 2.82. The normalized spacial score (nSPS) is 18.6. The van der Waals surface area contributed by atoms with Crippen molar-refractivity contribution in [2.45, 2.75) is 38.5 Å². The Labute approximate surface area is 270 Å². The van der Waals surface area contributed by atoms with Crippen LogP contribution in [0.3, 0.4) is 0 Å². The number of benzene rings is 3. The van der Waals surface area contributed by atoms with Crippen LogP contribution in [0.1, 0.15) is 42.0 Å². The minimum atomic E-state index is -2.99. The largest absolute Gasteiger partial charge is 0.493 e. The van der Waals surface area contributed by atoms with Crippen LogP contribution in [0.2, 0.25) is 0 Å². The van der Waals surface area contributed by atoms with Gasteiger partial charge in [0.05, 0.1) is 31.7 Å².